The van der Waals surface area contributed by atoms with Crippen LogP contribution >= 0.6 is 11.6 Å². The quantitative estimate of drug-likeness (QED) is 0.643. The van der Waals surface area contributed by atoms with Crippen LogP contribution in [0.3, 0.4) is 0 Å². The summed E-state index contributed by atoms with van der Waals surface area (Å²) in [5, 5.41) is 23.6. The lowest BCUT2D eigenvalue weighted by molar-refractivity contribution is -0.384. The molecule has 0 fully saturated rings. The van der Waals surface area contributed by atoms with Gasteiger partial charge in [-0.25, -0.2) is 0 Å². The van der Waals surface area contributed by atoms with E-state index in [-0.39, 0.29) is 16.4 Å². The third-order valence-corrected chi connectivity index (χ3v) is 2.99. The average Bonchev–Trinajstić information content (AvgIpc) is 2.20. The number of halogens is 1. The Balaban J connectivity index is 3.18. The highest BCUT2D eigenvalue weighted by molar-refractivity contribution is 6.33. The minimum atomic E-state index is -0.713. The summed E-state index contributed by atoms with van der Waals surface area (Å²) >= 11 is 5.94. The van der Waals surface area contributed by atoms with Gasteiger partial charge in [0.1, 0.15) is 5.69 Å². The van der Waals surface area contributed by atoms with Gasteiger partial charge in [-0.15, -0.1) is 0 Å². The number of nitrogens with zero attached hydrogens (tertiary/aromatic N) is 1. The maximum atomic E-state index is 10.9. The summed E-state index contributed by atoms with van der Waals surface area (Å²) in [5.41, 5.74) is -0.591. The number of rotatable bonds is 4. The maximum absolute atomic E-state index is 10.9. The van der Waals surface area contributed by atoms with Crippen LogP contribution in [0.2, 0.25) is 5.02 Å². The van der Waals surface area contributed by atoms with Crippen LogP contribution in [-0.2, 0) is 0 Å². The molecule has 0 aliphatic heterocycles. The second kappa shape index (κ2) is 4.89. The van der Waals surface area contributed by atoms with Gasteiger partial charge in [0.25, 0.3) is 5.69 Å². The number of hydrogen-bond acceptors (Lipinski definition) is 4. The Kier molecular flexibility index (Phi) is 3.95. The zero-order chi connectivity index (χ0) is 13.2. The van der Waals surface area contributed by atoms with E-state index in [4.69, 9.17) is 11.6 Å². The molecule has 0 saturated heterocycles. The number of aliphatic hydroxyl groups excluding tert-OH is 1. The zero-order valence-corrected chi connectivity index (χ0v) is 10.7. The highest BCUT2D eigenvalue weighted by Crippen LogP contribution is 2.34. The molecule has 1 aromatic carbocycles. The molecule has 0 saturated carbocycles. The van der Waals surface area contributed by atoms with Gasteiger partial charge in [0.05, 0.1) is 21.6 Å². The van der Waals surface area contributed by atoms with Crippen molar-refractivity contribution < 1.29 is 10.0 Å². The van der Waals surface area contributed by atoms with Crippen molar-refractivity contribution in [3.05, 3.63) is 33.3 Å². The molecular formula is C11H15ClN2O3. The SMILES string of the molecule is CC(O)C(C)(C)Nc1c(Cl)cccc1[N+](=O)[O-]. The molecule has 0 aliphatic rings. The van der Waals surface area contributed by atoms with E-state index >= 15 is 0 Å². The van der Waals surface area contributed by atoms with E-state index in [0.717, 1.165) is 0 Å². The first-order valence-electron chi connectivity index (χ1n) is 5.15. The summed E-state index contributed by atoms with van der Waals surface area (Å²) in [4.78, 5) is 10.4. The predicted octanol–water partition coefficient (Wildman–Crippen LogP) is 2.82. The number of aliphatic hydroxyl groups is 1. The number of nitro groups is 1. The van der Waals surface area contributed by atoms with Crippen molar-refractivity contribution in [2.45, 2.75) is 32.4 Å². The van der Waals surface area contributed by atoms with Crippen molar-refractivity contribution in [1.82, 2.24) is 0 Å². The minimum Gasteiger partial charge on any atom is -0.391 e. The van der Waals surface area contributed by atoms with Crippen LogP contribution in [0, 0.1) is 10.1 Å². The van der Waals surface area contributed by atoms with Crippen LogP contribution in [0.4, 0.5) is 11.4 Å². The lowest BCUT2D eigenvalue weighted by atomic mass is 9.98. The Bertz CT molecular complexity index is 433. The Morgan fingerprint density at radius 3 is 2.59 bits per heavy atom. The third-order valence-electron chi connectivity index (χ3n) is 2.68. The predicted molar refractivity (Wildman–Crippen MR) is 67.5 cm³/mol. The third kappa shape index (κ3) is 3.08. The van der Waals surface area contributed by atoms with E-state index in [1.165, 1.54) is 12.1 Å². The zero-order valence-electron chi connectivity index (χ0n) is 9.90. The summed E-state index contributed by atoms with van der Waals surface area (Å²) < 4.78 is 0. The van der Waals surface area contributed by atoms with Gasteiger partial charge in [0.15, 0.2) is 0 Å². The lowest BCUT2D eigenvalue weighted by Gasteiger charge is -2.30. The highest BCUT2D eigenvalue weighted by Gasteiger charge is 2.28. The molecule has 1 unspecified atom stereocenters. The van der Waals surface area contributed by atoms with Crippen molar-refractivity contribution >= 4 is 23.0 Å². The molecule has 94 valence electrons. The monoisotopic (exact) mass is 258 g/mol. The average molecular weight is 259 g/mol. The van der Waals surface area contributed by atoms with Crippen LogP contribution < -0.4 is 5.32 Å². The van der Waals surface area contributed by atoms with E-state index in [2.05, 4.69) is 5.32 Å². The number of hydrogen-bond donors (Lipinski definition) is 2. The van der Waals surface area contributed by atoms with E-state index < -0.39 is 16.6 Å². The maximum Gasteiger partial charge on any atom is 0.293 e. The first kappa shape index (κ1) is 13.7. The minimum absolute atomic E-state index is 0.105. The van der Waals surface area contributed by atoms with Gasteiger partial charge in [-0.1, -0.05) is 17.7 Å². The van der Waals surface area contributed by atoms with Crippen LogP contribution in [-0.4, -0.2) is 21.7 Å². The van der Waals surface area contributed by atoms with Crippen LogP contribution in [0.25, 0.3) is 0 Å². The van der Waals surface area contributed by atoms with Gasteiger partial charge < -0.3 is 10.4 Å². The number of nitrogens with one attached hydrogen (secondary N) is 1. The van der Waals surface area contributed by atoms with Gasteiger partial charge in [-0.2, -0.15) is 0 Å². The first-order chi connectivity index (χ1) is 7.75. The fraction of sp³-hybridized carbons (Fsp3) is 0.455. The molecule has 0 radical (unpaired) electrons. The second-order valence-electron chi connectivity index (χ2n) is 4.41. The van der Waals surface area contributed by atoms with E-state index in [1.807, 2.05) is 0 Å². The van der Waals surface area contributed by atoms with Gasteiger partial charge in [-0.05, 0) is 26.8 Å². The normalized spacial score (nSPS) is 13.2. The Morgan fingerprint density at radius 1 is 1.53 bits per heavy atom. The van der Waals surface area contributed by atoms with Gasteiger partial charge in [0, 0.05) is 6.07 Å². The molecule has 1 rings (SSSR count). The Hall–Kier alpha value is -1.33. The molecule has 6 heteroatoms. The van der Waals surface area contributed by atoms with Crippen LogP contribution in [0.15, 0.2) is 18.2 Å². The molecule has 1 aromatic rings. The first-order valence-corrected chi connectivity index (χ1v) is 5.52. The van der Waals surface area contributed by atoms with Crippen LogP contribution in [0.5, 0.6) is 0 Å². The topological polar surface area (TPSA) is 75.4 Å². The van der Waals surface area contributed by atoms with E-state index in [9.17, 15) is 15.2 Å². The lowest BCUT2D eigenvalue weighted by Crippen LogP contribution is -2.42. The highest BCUT2D eigenvalue weighted by atomic mass is 35.5. The Labute approximate surface area is 105 Å². The van der Waals surface area contributed by atoms with Crippen molar-refractivity contribution in [2.75, 3.05) is 5.32 Å². The summed E-state index contributed by atoms with van der Waals surface area (Å²) in [6.07, 6.45) is -0.682. The molecule has 5 nitrogen and oxygen atoms in total. The summed E-state index contributed by atoms with van der Waals surface area (Å²) in [5.74, 6) is 0. The molecule has 0 amide bonds. The van der Waals surface area contributed by atoms with Crippen molar-refractivity contribution in [1.29, 1.82) is 0 Å². The van der Waals surface area contributed by atoms with Crippen LogP contribution in [0.1, 0.15) is 20.8 Å². The molecule has 1 atom stereocenters. The van der Waals surface area contributed by atoms with Crippen molar-refractivity contribution in [3.8, 4) is 0 Å². The van der Waals surface area contributed by atoms with E-state index in [0.29, 0.717) is 0 Å². The van der Waals surface area contributed by atoms with Crippen molar-refractivity contribution in [2.24, 2.45) is 0 Å². The Morgan fingerprint density at radius 2 is 2.12 bits per heavy atom. The molecule has 0 spiro atoms. The molecular weight excluding hydrogens is 244 g/mol. The molecule has 0 bridgehead atoms. The smallest absolute Gasteiger partial charge is 0.293 e. The van der Waals surface area contributed by atoms with Gasteiger partial charge in [-0.3, -0.25) is 10.1 Å². The molecule has 2 N–H and O–H groups in total. The second-order valence-corrected chi connectivity index (χ2v) is 4.82. The summed E-state index contributed by atoms with van der Waals surface area (Å²) in [6, 6.07) is 4.45. The standard InChI is InChI=1S/C11H15ClN2O3/c1-7(15)11(2,3)13-10-8(12)5-4-6-9(10)14(16)17/h4-7,13,15H,1-3H3. The van der Waals surface area contributed by atoms with Gasteiger partial charge in [0.2, 0.25) is 0 Å². The molecule has 17 heavy (non-hydrogen) atoms. The number of para-hydroxylation sites is 1. The number of benzene rings is 1. The number of nitro benzene ring substituents is 1. The largest absolute Gasteiger partial charge is 0.391 e. The molecule has 0 heterocycles. The summed E-state index contributed by atoms with van der Waals surface area (Å²) in [6.45, 7) is 5.09. The fourth-order valence-electron chi connectivity index (χ4n) is 1.22. The van der Waals surface area contributed by atoms with E-state index in [1.54, 1.807) is 26.8 Å². The fourth-order valence-corrected chi connectivity index (χ4v) is 1.43. The number of anilines is 1. The molecule has 0 aliphatic carbocycles. The van der Waals surface area contributed by atoms with Gasteiger partial charge >= 0.3 is 0 Å². The summed E-state index contributed by atoms with van der Waals surface area (Å²) in [7, 11) is 0. The molecule has 0 aromatic heterocycles. The van der Waals surface area contributed by atoms with Crippen molar-refractivity contribution in [3.63, 3.8) is 0 Å².